The van der Waals surface area contributed by atoms with Crippen LogP contribution < -0.4 is 16.0 Å². The number of amides is 1. The Morgan fingerprint density at radius 3 is 2.07 bits per heavy atom. The Hall–Kier alpha value is -2.08. The number of benzene rings is 1. The molecule has 0 spiro atoms. The van der Waals surface area contributed by atoms with Crippen molar-refractivity contribution >= 4 is 11.9 Å². The predicted molar refractivity (Wildman–Crippen MR) is 117 cm³/mol. The maximum Gasteiger partial charge on any atom is 0.227 e. The number of nitrogens with one attached hydrogen (secondary N) is 3. The van der Waals surface area contributed by atoms with Crippen LogP contribution in [0, 0.1) is 5.41 Å². The summed E-state index contributed by atoms with van der Waals surface area (Å²) in [5.74, 6) is 0.568. The molecule has 6 nitrogen and oxygen atoms in total. The van der Waals surface area contributed by atoms with Crippen LogP contribution in [0.15, 0.2) is 29.3 Å². The lowest BCUT2D eigenvalue weighted by atomic mass is 9.86. The van der Waals surface area contributed by atoms with Crippen LogP contribution in [0.5, 0.6) is 0 Å². The minimum absolute atomic E-state index is 0.0198. The molecular formula is C22H38N4O2. The molecule has 0 saturated carbocycles. The summed E-state index contributed by atoms with van der Waals surface area (Å²) in [6.07, 6.45) is -0.644. The van der Waals surface area contributed by atoms with Gasteiger partial charge in [0.15, 0.2) is 5.96 Å². The molecule has 0 saturated heterocycles. The van der Waals surface area contributed by atoms with Crippen molar-refractivity contribution in [1.82, 2.24) is 16.0 Å². The fraction of sp³-hybridized carbons (Fsp3) is 0.636. The second kappa shape index (κ2) is 10.5. The lowest BCUT2D eigenvalue weighted by Crippen LogP contribution is -2.42. The third-order valence-electron chi connectivity index (χ3n) is 4.55. The lowest BCUT2D eigenvalue weighted by Gasteiger charge is -2.22. The second-order valence-corrected chi connectivity index (χ2v) is 8.71. The zero-order chi connectivity index (χ0) is 21.4. The van der Waals surface area contributed by atoms with Gasteiger partial charge in [0.25, 0.3) is 0 Å². The van der Waals surface area contributed by atoms with E-state index in [1.165, 1.54) is 5.56 Å². The van der Waals surface area contributed by atoms with E-state index in [1.54, 1.807) is 0 Å². The monoisotopic (exact) mass is 390 g/mol. The first-order valence-corrected chi connectivity index (χ1v) is 10.1. The first-order chi connectivity index (χ1) is 13.0. The van der Waals surface area contributed by atoms with Gasteiger partial charge in [-0.15, -0.1) is 0 Å². The highest BCUT2D eigenvalue weighted by Crippen LogP contribution is 2.23. The zero-order valence-corrected chi connectivity index (χ0v) is 18.5. The van der Waals surface area contributed by atoms with E-state index in [1.807, 2.05) is 39.8 Å². The largest absolute Gasteiger partial charge is 0.387 e. The van der Waals surface area contributed by atoms with Gasteiger partial charge in [-0.3, -0.25) is 9.79 Å². The Balaban J connectivity index is 2.72. The fourth-order valence-electron chi connectivity index (χ4n) is 2.61. The van der Waals surface area contributed by atoms with Gasteiger partial charge in [0.1, 0.15) is 0 Å². The molecular weight excluding hydrogens is 352 g/mol. The highest BCUT2D eigenvalue weighted by molar-refractivity contribution is 5.83. The van der Waals surface area contributed by atoms with E-state index in [-0.39, 0.29) is 11.3 Å². The van der Waals surface area contributed by atoms with Crippen molar-refractivity contribution in [3.05, 3.63) is 35.4 Å². The van der Waals surface area contributed by atoms with Crippen LogP contribution in [0.4, 0.5) is 0 Å². The minimum Gasteiger partial charge on any atom is -0.387 e. The topological polar surface area (TPSA) is 85.8 Å². The van der Waals surface area contributed by atoms with Crippen molar-refractivity contribution in [2.45, 2.75) is 60.0 Å². The van der Waals surface area contributed by atoms with E-state index >= 15 is 0 Å². The summed E-state index contributed by atoms with van der Waals surface area (Å²) in [5, 5.41) is 19.7. The molecule has 0 aliphatic heterocycles. The van der Waals surface area contributed by atoms with E-state index in [2.05, 4.69) is 53.8 Å². The molecule has 1 unspecified atom stereocenters. The molecule has 0 fully saturated rings. The SMILES string of the molecule is CCNC(=O)C(C)(C)CN=C(NCC)NCC(O)c1ccc(C(C)(C)C)cc1. The van der Waals surface area contributed by atoms with Gasteiger partial charge >= 0.3 is 0 Å². The Labute approximate surface area is 170 Å². The van der Waals surface area contributed by atoms with E-state index in [0.29, 0.717) is 32.1 Å². The third kappa shape index (κ3) is 7.50. The first kappa shape index (κ1) is 24.0. The minimum atomic E-state index is -0.644. The van der Waals surface area contributed by atoms with Crippen molar-refractivity contribution in [2.24, 2.45) is 10.4 Å². The Morgan fingerprint density at radius 1 is 1.00 bits per heavy atom. The van der Waals surface area contributed by atoms with Crippen LogP contribution in [0.2, 0.25) is 0 Å². The number of aliphatic imine (C=N–C) groups is 1. The molecule has 1 aromatic rings. The van der Waals surface area contributed by atoms with Gasteiger partial charge in [0, 0.05) is 19.6 Å². The number of aliphatic hydroxyl groups is 1. The highest BCUT2D eigenvalue weighted by atomic mass is 16.3. The number of rotatable bonds is 8. The summed E-state index contributed by atoms with van der Waals surface area (Å²) in [4.78, 5) is 16.6. The molecule has 1 atom stereocenters. The van der Waals surface area contributed by atoms with Gasteiger partial charge in [-0.1, -0.05) is 45.0 Å². The van der Waals surface area contributed by atoms with Gasteiger partial charge in [-0.2, -0.15) is 0 Å². The number of carbonyl (C=O) groups excluding carboxylic acids is 1. The molecule has 6 heteroatoms. The number of guanidine groups is 1. The average Bonchev–Trinajstić information content (AvgIpc) is 2.63. The van der Waals surface area contributed by atoms with Crippen LogP contribution >= 0.6 is 0 Å². The Kier molecular flexibility index (Phi) is 8.95. The summed E-state index contributed by atoms with van der Waals surface area (Å²) in [6, 6.07) is 8.06. The molecule has 28 heavy (non-hydrogen) atoms. The first-order valence-electron chi connectivity index (χ1n) is 10.1. The molecule has 158 valence electrons. The van der Waals surface area contributed by atoms with Crippen LogP contribution in [0.1, 0.15) is 65.7 Å². The number of hydrogen-bond acceptors (Lipinski definition) is 3. The van der Waals surface area contributed by atoms with Gasteiger partial charge in [-0.25, -0.2) is 0 Å². The number of carbonyl (C=O) groups is 1. The smallest absolute Gasteiger partial charge is 0.227 e. The van der Waals surface area contributed by atoms with Crippen LogP contribution in [0.25, 0.3) is 0 Å². The third-order valence-corrected chi connectivity index (χ3v) is 4.55. The number of nitrogens with zero attached hydrogens (tertiary/aromatic N) is 1. The summed E-state index contributed by atoms with van der Waals surface area (Å²) in [5.41, 5.74) is 1.58. The normalized spacial score (nSPS) is 13.8. The molecule has 0 aromatic heterocycles. The molecule has 0 aliphatic rings. The van der Waals surface area contributed by atoms with Crippen molar-refractivity contribution < 1.29 is 9.90 Å². The molecule has 0 bridgehead atoms. The maximum atomic E-state index is 12.1. The predicted octanol–water partition coefficient (Wildman–Crippen LogP) is 2.73. The van der Waals surface area contributed by atoms with E-state index in [0.717, 1.165) is 5.56 Å². The molecule has 0 heterocycles. The molecule has 1 rings (SSSR count). The van der Waals surface area contributed by atoms with Gasteiger partial charge in [0.05, 0.1) is 18.1 Å². The standard InChI is InChI=1S/C22H38N4O2/c1-8-23-19(28)22(6,7)15-26-20(24-9-2)25-14-18(27)16-10-12-17(13-11-16)21(3,4)5/h10-13,18,27H,8-9,14-15H2,1-7H3,(H,23,28)(H2,24,25,26). The van der Waals surface area contributed by atoms with Crippen LogP contribution in [-0.2, 0) is 10.2 Å². The average molecular weight is 391 g/mol. The van der Waals surface area contributed by atoms with Crippen LogP contribution in [-0.4, -0.2) is 43.2 Å². The quantitative estimate of drug-likeness (QED) is 0.406. The molecule has 1 amide bonds. The number of aliphatic hydroxyl groups excluding tert-OH is 1. The van der Waals surface area contributed by atoms with E-state index in [9.17, 15) is 9.90 Å². The van der Waals surface area contributed by atoms with Crippen molar-refractivity contribution in [2.75, 3.05) is 26.2 Å². The summed E-state index contributed by atoms with van der Waals surface area (Å²) in [7, 11) is 0. The Morgan fingerprint density at radius 2 is 1.57 bits per heavy atom. The van der Waals surface area contributed by atoms with Crippen molar-refractivity contribution in [3.63, 3.8) is 0 Å². The molecule has 0 aliphatic carbocycles. The molecule has 4 N–H and O–H groups in total. The van der Waals surface area contributed by atoms with Gasteiger partial charge in [-0.05, 0) is 44.2 Å². The lowest BCUT2D eigenvalue weighted by molar-refractivity contribution is -0.128. The molecule has 1 aromatic carbocycles. The highest BCUT2D eigenvalue weighted by Gasteiger charge is 2.27. The summed E-state index contributed by atoms with van der Waals surface area (Å²) < 4.78 is 0. The van der Waals surface area contributed by atoms with Crippen molar-refractivity contribution in [3.8, 4) is 0 Å². The van der Waals surface area contributed by atoms with E-state index < -0.39 is 11.5 Å². The second-order valence-electron chi connectivity index (χ2n) is 8.71. The molecule has 0 radical (unpaired) electrons. The maximum absolute atomic E-state index is 12.1. The Bertz CT molecular complexity index is 645. The van der Waals surface area contributed by atoms with Crippen molar-refractivity contribution in [1.29, 1.82) is 0 Å². The van der Waals surface area contributed by atoms with Gasteiger partial charge < -0.3 is 21.1 Å². The van der Waals surface area contributed by atoms with Gasteiger partial charge in [0.2, 0.25) is 5.91 Å². The van der Waals surface area contributed by atoms with Crippen LogP contribution in [0.3, 0.4) is 0 Å². The summed E-state index contributed by atoms with van der Waals surface area (Å²) >= 11 is 0. The van der Waals surface area contributed by atoms with E-state index in [4.69, 9.17) is 0 Å². The zero-order valence-electron chi connectivity index (χ0n) is 18.5. The fourth-order valence-corrected chi connectivity index (χ4v) is 2.61. The number of hydrogen-bond donors (Lipinski definition) is 4. The summed E-state index contributed by atoms with van der Waals surface area (Å²) in [6.45, 7) is 16.1.